The van der Waals surface area contributed by atoms with E-state index in [0.717, 1.165) is 5.56 Å². The monoisotopic (exact) mass is 531 g/mol. The van der Waals surface area contributed by atoms with E-state index in [9.17, 15) is 9.59 Å². The third-order valence-electron chi connectivity index (χ3n) is 5.57. The normalized spacial score (nSPS) is 14.2. The number of methoxy groups -OCH3 is 1. The molecule has 0 bridgehead atoms. The first-order valence-corrected chi connectivity index (χ1v) is 11.8. The molecule has 2 N–H and O–H groups in total. The number of nitrogens with one attached hydrogen (secondary N) is 1. The molecule has 0 aromatic heterocycles. The molecule has 3 aromatic rings. The van der Waals surface area contributed by atoms with Gasteiger partial charge in [-0.2, -0.15) is 0 Å². The average Bonchev–Trinajstić information content (AvgIpc) is 2.86. The van der Waals surface area contributed by atoms with Crippen molar-refractivity contribution in [2.24, 2.45) is 0 Å². The molecule has 0 spiro atoms. The largest absolute Gasteiger partial charge is 0.506 e. The molecule has 1 heterocycles. The maximum absolute atomic E-state index is 12.5. The fraction of sp³-hybridized carbons (Fsp3) is 0.231. The van der Waals surface area contributed by atoms with Gasteiger partial charge in [0.1, 0.15) is 29.1 Å². The molecule has 188 valence electrons. The molecule has 1 amide bonds. The zero-order valence-electron chi connectivity index (χ0n) is 19.3. The van der Waals surface area contributed by atoms with Gasteiger partial charge in [-0.05, 0) is 54.4 Å². The highest BCUT2D eigenvalue weighted by molar-refractivity contribution is 6.32. The molecule has 0 saturated heterocycles. The molecule has 0 saturated carbocycles. The number of benzene rings is 3. The summed E-state index contributed by atoms with van der Waals surface area (Å²) in [5, 5.41) is 12.7. The Morgan fingerprint density at radius 1 is 1.08 bits per heavy atom. The van der Waals surface area contributed by atoms with Gasteiger partial charge in [0.25, 0.3) is 5.91 Å². The molecule has 0 aliphatic carbocycles. The standard InChI is InChI=1S/C26H23Cl2NO7/c1-33-22-12-17(27)5-2-15(22)8-10-29-25(30)16-3-6-18(7-4-16)35-24-14-23-19(13-20(24)28)21(9-11-34-23)36-26(31)32/h2-7,12-14,21H,8-11H2,1H3,(H,29,30)(H,31,32). The van der Waals surface area contributed by atoms with Gasteiger partial charge in [-0.15, -0.1) is 0 Å². The summed E-state index contributed by atoms with van der Waals surface area (Å²) in [6.07, 6.45) is -1.04. The van der Waals surface area contributed by atoms with Crippen LogP contribution in [0, 0.1) is 0 Å². The molecule has 4 rings (SSSR count). The Morgan fingerprint density at radius 2 is 1.86 bits per heavy atom. The lowest BCUT2D eigenvalue weighted by Gasteiger charge is -2.25. The average molecular weight is 532 g/mol. The van der Waals surface area contributed by atoms with Crippen LogP contribution in [0.15, 0.2) is 54.6 Å². The zero-order valence-corrected chi connectivity index (χ0v) is 20.8. The lowest BCUT2D eigenvalue weighted by molar-refractivity contribution is 0.0326. The van der Waals surface area contributed by atoms with Crippen LogP contribution in [0.2, 0.25) is 10.0 Å². The van der Waals surface area contributed by atoms with Crippen LogP contribution < -0.4 is 19.5 Å². The summed E-state index contributed by atoms with van der Waals surface area (Å²) in [4.78, 5) is 23.5. The third-order valence-corrected chi connectivity index (χ3v) is 6.10. The number of hydrogen-bond acceptors (Lipinski definition) is 6. The van der Waals surface area contributed by atoms with Crippen LogP contribution in [0.4, 0.5) is 4.79 Å². The summed E-state index contributed by atoms with van der Waals surface area (Å²) in [6.45, 7) is 0.729. The molecule has 8 nitrogen and oxygen atoms in total. The van der Waals surface area contributed by atoms with E-state index in [-0.39, 0.29) is 10.9 Å². The summed E-state index contributed by atoms with van der Waals surface area (Å²) < 4.78 is 21.8. The van der Waals surface area contributed by atoms with Crippen molar-refractivity contribution in [3.63, 3.8) is 0 Å². The summed E-state index contributed by atoms with van der Waals surface area (Å²) in [5.74, 6) is 1.70. The Bertz CT molecular complexity index is 1260. The van der Waals surface area contributed by atoms with Gasteiger partial charge in [0, 0.05) is 35.2 Å². The Morgan fingerprint density at radius 3 is 2.58 bits per heavy atom. The first-order chi connectivity index (χ1) is 17.3. The van der Waals surface area contributed by atoms with E-state index in [1.54, 1.807) is 55.6 Å². The highest BCUT2D eigenvalue weighted by atomic mass is 35.5. The number of fused-ring (bicyclic) bond motifs is 1. The van der Waals surface area contributed by atoms with Gasteiger partial charge < -0.3 is 29.4 Å². The van der Waals surface area contributed by atoms with Crippen molar-refractivity contribution in [2.45, 2.75) is 18.9 Å². The van der Waals surface area contributed by atoms with Gasteiger partial charge in [-0.1, -0.05) is 29.3 Å². The minimum atomic E-state index is -1.36. The maximum Gasteiger partial charge on any atom is 0.506 e. The van der Waals surface area contributed by atoms with Gasteiger partial charge >= 0.3 is 6.16 Å². The highest BCUT2D eigenvalue weighted by Crippen LogP contribution is 2.42. The van der Waals surface area contributed by atoms with E-state index in [1.165, 1.54) is 0 Å². The highest BCUT2D eigenvalue weighted by Gasteiger charge is 2.27. The number of carbonyl (C=O) groups is 2. The molecule has 3 aromatic carbocycles. The molecule has 1 aliphatic heterocycles. The van der Waals surface area contributed by atoms with E-state index in [1.807, 2.05) is 6.07 Å². The Hall–Kier alpha value is -3.62. The lowest BCUT2D eigenvalue weighted by Crippen LogP contribution is -2.25. The maximum atomic E-state index is 12.5. The molecule has 1 unspecified atom stereocenters. The molecule has 1 atom stereocenters. The SMILES string of the molecule is COc1cc(Cl)ccc1CCNC(=O)c1ccc(Oc2cc3c(cc2Cl)C(OC(=O)O)CCO3)cc1. The van der Waals surface area contributed by atoms with Crippen LogP contribution in [-0.4, -0.2) is 37.4 Å². The quantitative estimate of drug-likeness (QED) is 0.329. The summed E-state index contributed by atoms with van der Waals surface area (Å²) >= 11 is 12.4. The number of rotatable bonds is 8. The Kier molecular flexibility index (Phi) is 8.07. The van der Waals surface area contributed by atoms with Gasteiger partial charge in [-0.25, -0.2) is 4.79 Å². The van der Waals surface area contributed by atoms with Crippen molar-refractivity contribution in [3.8, 4) is 23.0 Å². The van der Waals surface area contributed by atoms with Crippen molar-refractivity contribution in [3.05, 3.63) is 81.3 Å². The first-order valence-electron chi connectivity index (χ1n) is 11.1. The van der Waals surface area contributed by atoms with Crippen molar-refractivity contribution in [1.82, 2.24) is 5.32 Å². The molecule has 1 aliphatic rings. The first kappa shape index (κ1) is 25.5. The van der Waals surface area contributed by atoms with E-state index in [4.69, 9.17) is 47.3 Å². The number of hydrogen-bond donors (Lipinski definition) is 2. The summed E-state index contributed by atoms with van der Waals surface area (Å²) in [7, 11) is 1.58. The van der Waals surface area contributed by atoms with Crippen molar-refractivity contribution in [1.29, 1.82) is 0 Å². The van der Waals surface area contributed by atoms with Crippen LogP contribution in [0.1, 0.15) is 34.0 Å². The zero-order chi connectivity index (χ0) is 25.7. The molecular weight excluding hydrogens is 509 g/mol. The number of amides is 1. The van der Waals surface area contributed by atoms with E-state index < -0.39 is 12.3 Å². The van der Waals surface area contributed by atoms with Crippen molar-refractivity contribution < 1.29 is 33.6 Å². The van der Waals surface area contributed by atoms with Crippen molar-refractivity contribution in [2.75, 3.05) is 20.3 Å². The number of carboxylic acid groups (broad SMARTS) is 1. The van der Waals surface area contributed by atoms with E-state index in [2.05, 4.69) is 5.32 Å². The van der Waals surface area contributed by atoms with Crippen LogP contribution in [0.3, 0.4) is 0 Å². The summed E-state index contributed by atoms with van der Waals surface area (Å²) in [5.41, 5.74) is 1.96. The van der Waals surface area contributed by atoms with E-state index in [0.29, 0.717) is 65.1 Å². The Balaban J connectivity index is 1.37. The number of carbonyl (C=O) groups excluding carboxylic acids is 1. The fourth-order valence-electron chi connectivity index (χ4n) is 3.82. The second-order valence-corrected chi connectivity index (χ2v) is 8.76. The number of halogens is 2. The smallest absolute Gasteiger partial charge is 0.496 e. The topological polar surface area (TPSA) is 103 Å². The van der Waals surface area contributed by atoms with Crippen LogP contribution >= 0.6 is 23.2 Å². The van der Waals surface area contributed by atoms with Crippen LogP contribution in [-0.2, 0) is 11.2 Å². The fourth-order valence-corrected chi connectivity index (χ4v) is 4.19. The van der Waals surface area contributed by atoms with Gasteiger partial charge in [0.15, 0.2) is 0 Å². The number of ether oxygens (including phenoxy) is 4. The van der Waals surface area contributed by atoms with Gasteiger partial charge in [0.05, 0.1) is 18.7 Å². The van der Waals surface area contributed by atoms with Crippen LogP contribution in [0.25, 0.3) is 0 Å². The minimum Gasteiger partial charge on any atom is -0.496 e. The minimum absolute atomic E-state index is 0.223. The van der Waals surface area contributed by atoms with Crippen molar-refractivity contribution >= 4 is 35.3 Å². The second-order valence-electron chi connectivity index (χ2n) is 7.92. The Labute approximate surface area is 217 Å². The van der Waals surface area contributed by atoms with E-state index >= 15 is 0 Å². The lowest BCUT2D eigenvalue weighted by atomic mass is 10.0. The molecule has 10 heteroatoms. The molecule has 0 radical (unpaired) electrons. The van der Waals surface area contributed by atoms with Crippen LogP contribution in [0.5, 0.6) is 23.0 Å². The van der Waals surface area contributed by atoms with Gasteiger partial charge in [-0.3, -0.25) is 4.79 Å². The van der Waals surface area contributed by atoms with Gasteiger partial charge in [0.2, 0.25) is 0 Å². The predicted molar refractivity (Wildman–Crippen MR) is 134 cm³/mol. The molecule has 0 fully saturated rings. The summed E-state index contributed by atoms with van der Waals surface area (Å²) in [6, 6.07) is 15.2. The molecule has 36 heavy (non-hydrogen) atoms. The second kappa shape index (κ2) is 11.4. The predicted octanol–water partition coefficient (Wildman–Crippen LogP) is 6.29. The molecular formula is C26H23Cl2NO7. The third kappa shape index (κ3) is 6.13.